The molecule has 3 rings (SSSR count). The van der Waals surface area contributed by atoms with E-state index in [0.717, 1.165) is 0 Å². The predicted octanol–water partition coefficient (Wildman–Crippen LogP) is 3.65. The minimum atomic E-state index is -0.815. The number of halogens is 2. The summed E-state index contributed by atoms with van der Waals surface area (Å²) in [6.45, 7) is -1.06. The molecule has 0 saturated carbocycles. The quantitative estimate of drug-likeness (QED) is 0.609. The molecule has 0 aliphatic carbocycles. The maximum absolute atomic E-state index is 13.4. The van der Waals surface area contributed by atoms with E-state index in [1.54, 1.807) is 23.6 Å². The SMILES string of the molecule is O=C(COC(=O)COc1ccccc1F)Nc1nc(-c2ccc(F)cc2)cs1. The van der Waals surface area contributed by atoms with Gasteiger partial charge in [0.1, 0.15) is 5.82 Å². The lowest BCUT2D eigenvalue weighted by Crippen LogP contribution is -2.23. The predicted molar refractivity (Wildman–Crippen MR) is 99.0 cm³/mol. The van der Waals surface area contributed by atoms with Crippen molar-refractivity contribution in [2.75, 3.05) is 18.5 Å². The van der Waals surface area contributed by atoms with Gasteiger partial charge in [0.2, 0.25) is 0 Å². The van der Waals surface area contributed by atoms with E-state index in [1.165, 1.54) is 41.7 Å². The third-order valence-electron chi connectivity index (χ3n) is 3.44. The van der Waals surface area contributed by atoms with Gasteiger partial charge in [0.25, 0.3) is 5.91 Å². The number of aromatic nitrogens is 1. The molecule has 1 heterocycles. The zero-order valence-electron chi connectivity index (χ0n) is 14.4. The smallest absolute Gasteiger partial charge is 0.344 e. The maximum atomic E-state index is 13.4. The van der Waals surface area contributed by atoms with Gasteiger partial charge >= 0.3 is 5.97 Å². The van der Waals surface area contributed by atoms with Crippen molar-refractivity contribution in [3.8, 4) is 17.0 Å². The van der Waals surface area contributed by atoms with E-state index in [2.05, 4.69) is 10.3 Å². The van der Waals surface area contributed by atoms with Crippen molar-refractivity contribution in [2.24, 2.45) is 0 Å². The summed E-state index contributed by atoms with van der Waals surface area (Å²) in [6, 6.07) is 11.4. The van der Waals surface area contributed by atoms with Gasteiger partial charge in [0.05, 0.1) is 5.69 Å². The van der Waals surface area contributed by atoms with E-state index in [9.17, 15) is 18.4 Å². The molecular formula is C19H14F2N2O4S. The fourth-order valence-corrected chi connectivity index (χ4v) is 2.86. The number of esters is 1. The highest BCUT2D eigenvalue weighted by Gasteiger charge is 2.12. The topological polar surface area (TPSA) is 77.5 Å². The van der Waals surface area contributed by atoms with Gasteiger partial charge in [0, 0.05) is 10.9 Å². The Morgan fingerprint density at radius 2 is 1.79 bits per heavy atom. The molecule has 0 aliphatic rings. The number of carbonyl (C=O) groups excluding carboxylic acids is 2. The normalized spacial score (nSPS) is 10.4. The van der Waals surface area contributed by atoms with E-state index in [1.807, 2.05) is 0 Å². The van der Waals surface area contributed by atoms with E-state index in [0.29, 0.717) is 16.4 Å². The molecule has 0 saturated heterocycles. The van der Waals surface area contributed by atoms with Crippen molar-refractivity contribution >= 4 is 28.3 Å². The van der Waals surface area contributed by atoms with Crippen LogP contribution in [-0.4, -0.2) is 30.1 Å². The van der Waals surface area contributed by atoms with E-state index < -0.39 is 30.9 Å². The van der Waals surface area contributed by atoms with E-state index in [4.69, 9.17) is 9.47 Å². The Morgan fingerprint density at radius 3 is 2.54 bits per heavy atom. The third kappa shape index (κ3) is 5.34. The number of para-hydroxylation sites is 1. The molecule has 0 fully saturated rings. The second-order valence-electron chi connectivity index (χ2n) is 5.47. The minimum absolute atomic E-state index is 0.0833. The summed E-state index contributed by atoms with van der Waals surface area (Å²) < 4.78 is 36.1. The highest BCUT2D eigenvalue weighted by atomic mass is 32.1. The number of thiazole rings is 1. The number of carbonyl (C=O) groups is 2. The van der Waals surface area contributed by atoms with Crippen molar-refractivity contribution in [1.29, 1.82) is 0 Å². The first-order chi connectivity index (χ1) is 13.5. The number of rotatable bonds is 7. The van der Waals surface area contributed by atoms with Crippen LogP contribution >= 0.6 is 11.3 Å². The van der Waals surface area contributed by atoms with Gasteiger partial charge in [0.15, 0.2) is 29.9 Å². The zero-order valence-corrected chi connectivity index (χ0v) is 15.2. The number of hydrogen-bond donors (Lipinski definition) is 1. The van der Waals surface area contributed by atoms with Crippen LogP contribution in [0.1, 0.15) is 0 Å². The van der Waals surface area contributed by atoms with Crippen LogP contribution < -0.4 is 10.1 Å². The van der Waals surface area contributed by atoms with Gasteiger partial charge in [-0.05, 0) is 36.4 Å². The molecule has 1 aromatic heterocycles. The van der Waals surface area contributed by atoms with Crippen LogP contribution in [0.2, 0.25) is 0 Å². The minimum Gasteiger partial charge on any atom is -0.479 e. The summed E-state index contributed by atoms with van der Waals surface area (Å²) in [5.74, 6) is -2.44. The fourth-order valence-electron chi connectivity index (χ4n) is 2.13. The molecule has 0 radical (unpaired) electrons. The molecule has 0 spiro atoms. The summed E-state index contributed by atoms with van der Waals surface area (Å²) in [4.78, 5) is 27.7. The molecule has 3 aromatic rings. The molecular weight excluding hydrogens is 390 g/mol. The fraction of sp³-hybridized carbons (Fsp3) is 0.105. The van der Waals surface area contributed by atoms with Crippen LogP contribution in [0.25, 0.3) is 11.3 Å². The van der Waals surface area contributed by atoms with Crippen LogP contribution in [0, 0.1) is 11.6 Å². The molecule has 0 bridgehead atoms. The average molecular weight is 404 g/mol. The molecule has 0 unspecified atom stereocenters. The Balaban J connectivity index is 1.45. The summed E-state index contributed by atoms with van der Waals surface area (Å²) in [5.41, 5.74) is 1.28. The second kappa shape index (κ2) is 9.05. The van der Waals surface area contributed by atoms with Crippen molar-refractivity contribution in [3.63, 3.8) is 0 Å². The Kier molecular flexibility index (Phi) is 6.28. The van der Waals surface area contributed by atoms with Gasteiger partial charge in [-0.15, -0.1) is 11.3 Å². The summed E-state index contributed by atoms with van der Waals surface area (Å²) >= 11 is 1.18. The number of hydrogen-bond acceptors (Lipinski definition) is 6. The number of benzene rings is 2. The lowest BCUT2D eigenvalue weighted by Gasteiger charge is -2.07. The Hall–Kier alpha value is -3.33. The summed E-state index contributed by atoms with van der Waals surface area (Å²) in [5, 5.41) is 4.51. The van der Waals surface area contributed by atoms with Crippen LogP contribution in [0.3, 0.4) is 0 Å². The van der Waals surface area contributed by atoms with Gasteiger partial charge in [-0.3, -0.25) is 10.1 Å². The molecule has 1 N–H and O–H groups in total. The molecule has 2 aromatic carbocycles. The highest BCUT2D eigenvalue weighted by molar-refractivity contribution is 7.14. The van der Waals surface area contributed by atoms with E-state index in [-0.39, 0.29) is 11.6 Å². The third-order valence-corrected chi connectivity index (χ3v) is 4.19. The van der Waals surface area contributed by atoms with Gasteiger partial charge < -0.3 is 9.47 Å². The zero-order chi connectivity index (χ0) is 19.9. The first-order valence-electron chi connectivity index (χ1n) is 8.05. The number of ether oxygens (including phenoxy) is 2. The lowest BCUT2D eigenvalue weighted by molar-refractivity contribution is -0.149. The summed E-state index contributed by atoms with van der Waals surface area (Å²) in [6.07, 6.45) is 0. The van der Waals surface area contributed by atoms with Crippen LogP contribution in [0.4, 0.5) is 13.9 Å². The molecule has 144 valence electrons. The van der Waals surface area contributed by atoms with Crippen LogP contribution in [0.5, 0.6) is 5.75 Å². The van der Waals surface area contributed by atoms with Gasteiger partial charge in [-0.25, -0.2) is 18.6 Å². The van der Waals surface area contributed by atoms with Gasteiger partial charge in [-0.2, -0.15) is 0 Å². The van der Waals surface area contributed by atoms with Crippen LogP contribution in [-0.2, 0) is 14.3 Å². The van der Waals surface area contributed by atoms with Crippen LogP contribution in [0.15, 0.2) is 53.9 Å². The van der Waals surface area contributed by atoms with Crippen molar-refractivity contribution in [3.05, 3.63) is 65.5 Å². The van der Waals surface area contributed by atoms with Crippen molar-refractivity contribution < 1.29 is 27.8 Å². The number of amides is 1. The summed E-state index contributed by atoms with van der Waals surface area (Å²) in [7, 11) is 0. The largest absolute Gasteiger partial charge is 0.479 e. The Bertz CT molecular complexity index is 976. The highest BCUT2D eigenvalue weighted by Crippen LogP contribution is 2.25. The first kappa shape index (κ1) is 19.4. The molecule has 1 amide bonds. The van der Waals surface area contributed by atoms with E-state index >= 15 is 0 Å². The Morgan fingerprint density at radius 1 is 1.04 bits per heavy atom. The molecule has 0 atom stereocenters. The van der Waals surface area contributed by atoms with Gasteiger partial charge in [-0.1, -0.05) is 12.1 Å². The average Bonchev–Trinajstić information content (AvgIpc) is 3.14. The van der Waals surface area contributed by atoms with Crippen molar-refractivity contribution in [1.82, 2.24) is 4.98 Å². The first-order valence-corrected chi connectivity index (χ1v) is 8.93. The second-order valence-corrected chi connectivity index (χ2v) is 6.33. The molecule has 9 heteroatoms. The maximum Gasteiger partial charge on any atom is 0.344 e. The monoisotopic (exact) mass is 404 g/mol. The number of nitrogens with zero attached hydrogens (tertiary/aromatic N) is 1. The van der Waals surface area contributed by atoms with Crippen molar-refractivity contribution in [2.45, 2.75) is 0 Å². The molecule has 0 aliphatic heterocycles. The Labute approximate surface area is 162 Å². The number of nitrogens with one attached hydrogen (secondary N) is 1. The molecule has 6 nitrogen and oxygen atoms in total. The number of anilines is 1. The lowest BCUT2D eigenvalue weighted by atomic mass is 10.2. The molecule has 28 heavy (non-hydrogen) atoms. The standard InChI is InChI=1S/C19H14F2N2O4S/c20-13-7-5-12(6-8-13)15-11-28-19(22-15)23-17(24)9-27-18(25)10-26-16-4-2-1-3-14(16)21/h1-8,11H,9-10H2,(H,22,23,24).